The highest BCUT2D eigenvalue weighted by Gasteiger charge is 2.35. The maximum atomic E-state index is 11.9. The topological polar surface area (TPSA) is 17.1 Å². The molecule has 0 heterocycles. The monoisotopic (exact) mass is 236 g/mol. The van der Waals surface area contributed by atoms with Crippen molar-refractivity contribution < 1.29 is 4.79 Å². The van der Waals surface area contributed by atoms with Crippen LogP contribution in [0.5, 0.6) is 0 Å². The third-order valence-electron chi connectivity index (χ3n) is 3.65. The molecule has 0 amide bonds. The van der Waals surface area contributed by atoms with Crippen LogP contribution in [0.15, 0.2) is 24.3 Å². The summed E-state index contributed by atoms with van der Waals surface area (Å²) in [5.41, 5.74) is 1.12. The molecule has 0 spiro atoms. The van der Waals surface area contributed by atoms with Gasteiger partial charge in [0.15, 0.2) is 0 Å². The molecule has 1 aromatic rings. The molecule has 1 aromatic carbocycles. The first-order valence-electron chi connectivity index (χ1n) is 5.78. The van der Waals surface area contributed by atoms with Gasteiger partial charge in [-0.05, 0) is 36.5 Å². The van der Waals surface area contributed by atoms with Crippen molar-refractivity contribution in [2.45, 2.75) is 39.0 Å². The Morgan fingerprint density at radius 3 is 2.44 bits per heavy atom. The van der Waals surface area contributed by atoms with E-state index in [9.17, 15) is 4.79 Å². The summed E-state index contributed by atoms with van der Waals surface area (Å²) in [6.45, 7) is 4.10. The second-order valence-electron chi connectivity index (χ2n) is 5.30. The minimum Gasteiger partial charge on any atom is -0.299 e. The molecule has 0 radical (unpaired) electrons. The minimum atomic E-state index is -0.122. The number of carbonyl (C=O) groups is 1. The number of carbonyl (C=O) groups excluding carboxylic acids is 1. The average Bonchev–Trinajstić information content (AvgIpc) is 2.24. The van der Waals surface area contributed by atoms with Gasteiger partial charge in [0, 0.05) is 16.9 Å². The molecule has 86 valence electrons. The lowest BCUT2D eigenvalue weighted by Gasteiger charge is -2.33. The van der Waals surface area contributed by atoms with Crippen LogP contribution in [-0.2, 0) is 4.79 Å². The van der Waals surface area contributed by atoms with Crippen LogP contribution in [0.25, 0.3) is 0 Å². The molecular weight excluding hydrogens is 220 g/mol. The first-order chi connectivity index (χ1) is 7.49. The summed E-state index contributed by atoms with van der Waals surface area (Å²) in [5, 5.41) is 0.756. The number of benzene rings is 1. The van der Waals surface area contributed by atoms with Crippen molar-refractivity contribution in [1.82, 2.24) is 0 Å². The van der Waals surface area contributed by atoms with Gasteiger partial charge in [0.25, 0.3) is 0 Å². The van der Waals surface area contributed by atoms with Crippen LogP contribution < -0.4 is 0 Å². The molecule has 0 N–H and O–H groups in total. The zero-order valence-electron chi connectivity index (χ0n) is 9.79. The van der Waals surface area contributed by atoms with E-state index < -0.39 is 0 Å². The first kappa shape index (κ1) is 11.7. The van der Waals surface area contributed by atoms with Crippen molar-refractivity contribution in [1.29, 1.82) is 0 Å². The third-order valence-corrected chi connectivity index (χ3v) is 3.90. The van der Waals surface area contributed by atoms with Gasteiger partial charge in [-0.1, -0.05) is 37.6 Å². The lowest BCUT2D eigenvalue weighted by atomic mass is 9.70. The van der Waals surface area contributed by atoms with E-state index in [1.54, 1.807) is 0 Å². The Morgan fingerprint density at radius 1 is 1.25 bits per heavy atom. The molecule has 0 bridgehead atoms. The molecule has 1 saturated carbocycles. The van der Waals surface area contributed by atoms with Gasteiger partial charge in [0.2, 0.25) is 0 Å². The van der Waals surface area contributed by atoms with Gasteiger partial charge in [-0.25, -0.2) is 0 Å². The van der Waals surface area contributed by atoms with E-state index >= 15 is 0 Å². The predicted molar refractivity (Wildman–Crippen MR) is 66.8 cm³/mol. The quantitative estimate of drug-likeness (QED) is 0.714. The number of Topliss-reactive ketones (excluding diaryl/α,β-unsaturated/α-hetero) is 1. The standard InChI is InChI=1S/C14H17ClO/c1-14(2)8-7-11(9-13(14)16)10-3-5-12(15)6-4-10/h3-6,11H,7-9H2,1-2H3. The van der Waals surface area contributed by atoms with Crippen molar-refractivity contribution in [3.05, 3.63) is 34.9 Å². The molecule has 1 aliphatic rings. The molecule has 0 aromatic heterocycles. The van der Waals surface area contributed by atoms with Gasteiger partial charge in [-0.15, -0.1) is 0 Å². The summed E-state index contributed by atoms with van der Waals surface area (Å²) in [7, 11) is 0. The molecule has 1 nitrogen and oxygen atoms in total. The second kappa shape index (κ2) is 4.21. The van der Waals surface area contributed by atoms with Gasteiger partial charge in [-0.2, -0.15) is 0 Å². The Labute approximate surface area is 102 Å². The molecular formula is C14H17ClO. The molecule has 1 unspecified atom stereocenters. The molecule has 1 aliphatic carbocycles. The molecule has 0 saturated heterocycles. The highest BCUT2D eigenvalue weighted by atomic mass is 35.5. The van der Waals surface area contributed by atoms with Crippen LogP contribution in [0.3, 0.4) is 0 Å². The number of ketones is 1. The van der Waals surface area contributed by atoms with Crippen LogP contribution >= 0.6 is 11.6 Å². The Balaban J connectivity index is 2.14. The fourth-order valence-electron chi connectivity index (χ4n) is 2.30. The van der Waals surface area contributed by atoms with E-state index in [0.717, 1.165) is 17.9 Å². The maximum Gasteiger partial charge on any atom is 0.139 e. The van der Waals surface area contributed by atoms with Gasteiger partial charge in [0.05, 0.1) is 0 Å². The summed E-state index contributed by atoms with van der Waals surface area (Å²) < 4.78 is 0. The zero-order chi connectivity index (χ0) is 11.8. The summed E-state index contributed by atoms with van der Waals surface area (Å²) in [6.07, 6.45) is 2.76. The highest BCUT2D eigenvalue weighted by Crippen LogP contribution is 2.40. The Morgan fingerprint density at radius 2 is 1.88 bits per heavy atom. The molecule has 1 atom stereocenters. The van der Waals surface area contributed by atoms with Crippen LogP contribution in [0.2, 0.25) is 5.02 Å². The Bertz CT molecular complexity index is 392. The summed E-state index contributed by atoms with van der Waals surface area (Å²) in [6, 6.07) is 7.89. The minimum absolute atomic E-state index is 0.122. The summed E-state index contributed by atoms with van der Waals surface area (Å²) in [4.78, 5) is 11.9. The normalized spacial score (nSPS) is 24.4. The van der Waals surface area contributed by atoms with Crippen molar-refractivity contribution in [2.75, 3.05) is 0 Å². The smallest absolute Gasteiger partial charge is 0.139 e. The van der Waals surface area contributed by atoms with Crippen molar-refractivity contribution in [3.63, 3.8) is 0 Å². The molecule has 2 heteroatoms. The third kappa shape index (κ3) is 2.30. The van der Waals surface area contributed by atoms with Gasteiger partial charge >= 0.3 is 0 Å². The molecule has 0 aliphatic heterocycles. The summed E-state index contributed by atoms with van der Waals surface area (Å²) in [5.74, 6) is 0.775. The fourth-order valence-corrected chi connectivity index (χ4v) is 2.42. The number of rotatable bonds is 1. The van der Waals surface area contributed by atoms with Gasteiger partial charge < -0.3 is 0 Å². The maximum absolute atomic E-state index is 11.9. The fraction of sp³-hybridized carbons (Fsp3) is 0.500. The SMILES string of the molecule is CC1(C)CCC(c2ccc(Cl)cc2)CC1=O. The Kier molecular flexibility index (Phi) is 3.07. The van der Waals surface area contributed by atoms with E-state index in [0.29, 0.717) is 18.1 Å². The van der Waals surface area contributed by atoms with E-state index in [1.165, 1.54) is 5.56 Å². The Hall–Kier alpha value is -0.820. The largest absolute Gasteiger partial charge is 0.299 e. The average molecular weight is 237 g/mol. The lowest BCUT2D eigenvalue weighted by Crippen LogP contribution is -2.31. The summed E-state index contributed by atoms with van der Waals surface area (Å²) >= 11 is 5.86. The molecule has 16 heavy (non-hydrogen) atoms. The van der Waals surface area contributed by atoms with Crippen LogP contribution in [0, 0.1) is 5.41 Å². The van der Waals surface area contributed by atoms with E-state index in [2.05, 4.69) is 0 Å². The van der Waals surface area contributed by atoms with Gasteiger partial charge in [-0.3, -0.25) is 4.79 Å². The van der Waals surface area contributed by atoms with Crippen molar-refractivity contribution >= 4 is 17.4 Å². The molecule has 2 rings (SSSR count). The van der Waals surface area contributed by atoms with E-state index in [-0.39, 0.29) is 5.41 Å². The molecule has 1 fully saturated rings. The van der Waals surface area contributed by atoms with E-state index in [1.807, 2.05) is 38.1 Å². The van der Waals surface area contributed by atoms with Crippen molar-refractivity contribution in [3.8, 4) is 0 Å². The van der Waals surface area contributed by atoms with Gasteiger partial charge in [0.1, 0.15) is 5.78 Å². The lowest BCUT2D eigenvalue weighted by molar-refractivity contribution is -0.129. The highest BCUT2D eigenvalue weighted by molar-refractivity contribution is 6.30. The number of hydrogen-bond donors (Lipinski definition) is 0. The predicted octanol–water partition coefficient (Wildman–Crippen LogP) is 4.20. The van der Waals surface area contributed by atoms with Crippen LogP contribution in [0.1, 0.15) is 44.6 Å². The zero-order valence-corrected chi connectivity index (χ0v) is 10.6. The second-order valence-corrected chi connectivity index (χ2v) is 5.73. The number of hydrogen-bond acceptors (Lipinski definition) is 1. The van der Waals surface area contributed by atoms with Crippen molar-refractivity contribution in [2.24, 2.45) is 5.41 Å². The van der Waals surface area contributed by atoms with E-state index in [4.69, 9.17) is 11.6 Å². The first-order valence-corrected chi connectivity index (χ1v) is 6.15. The number of halogens is 1. The van der Waals surface area contributed by atoms with Crippen LogP contribution in [0.4, 0.5) is 0 Å². The van der Waals surface area contributed by atoms with Crippen LogP contribution in [-0.4, -0.2) is 5.78 Å².